The Bertz CT molecular complexity index is 438. The van der Waals surface area contributed by atoms with Crippen LogP contribution in [0.2, 0.25) is 5.02 Å². The maximum atomic E-state index is 6.41. The zero-order valence-electron chi connectivity index (χ0n) is 12.7. The van der Waals surface area contributed by atoms with E-state index in [1.54, 1.807) is 7.11 Å². The average molecular weight is 297 g/mol. The second-order valence-electron chi connectivity index (χ2n) is 5.77. The molecular weight excluding hydrogens is 272 g/mol. The van der Waals surface area contributed by atoms with Crippen LogP contribution in [0, 0.1) is 11.8 Å². The molecule has 20 heavy (non-hydrogen) atoms. The number of halogens is 1. The Balaban J connectivity index is 2.01. The first kappa shape index (κ1) is 15.6. The number of hydrogen-bond donors (Lipinski definition) is 1. The largest absolute Gasteiger partial charge is 0.383 e. The molecular formula is C16H25ClN2O. The molecule has 2 rings (SSSR count). The molecule has 1 aliphatic rings. The molecule has 2 unspecified atom stereocenters. The van der Waals surface area contributed by atoms with Crippen molar-refractivity contribution in [2.75, 3.05) is 38.8 Å². The van der Waals surface area contributed by atoms with Gasteiger partial charge in [-0.1, -0.05) is 30.7 Å². The molecule has 112 valence electrons. The van der Waals surface area contributed by atoms with Crippen LogP contribution in [-0.2, 0) is 11.3 Å². The normalized spacial score (nSPS) is 21.0. The molecule has 1 aromatic carbocycles. The van der Waals surface area contributed by atoms with Gasteiger partial charge in [-0.3, -0.25) is 0 Å². The van der Waals surface area contributed by atoms with Gasteiger partial charge in [0.2, 0.25) is 0 Å². The molecule has 1 saturated carbocycles. The van der Waals surface area contributed by atoms with Gasteiger partial charge >= 0.3 is 0 Å². The van der Waals surface area contributed by atoms with E-state index < -0.39 is 0 Å². The zero-order valence-corrected chi connectivity index (χ0v) is 13.4. The van der Waals surface area contributed by atoms with Gasteiger partial charge in [-0.25, -0.2) is 0 Å². The SMILES string of the molecule is COCCNCc1cccc(Cl)c1N(C)CC1CC1C. The van der Waals surface area contributed by atoms with Crippen LogP contribution < -0.4 is 10.2 Å². The number of benzene rings is 1. The topological polar surface area (TPSA) is 24.5 Å². The van der Waals surface area contributed by atoms with Crippen LogP contribution in [0.1, 0.15) is 18.9 Å². The second-order valence-corrected chi connectivity index (χ2v) is 6.18. The highest BCUT2D eigenvalue weighted by atomic mass is 35.5. The fourth-order valence-electron chi connectivity index (χ4n) is 2.62. The molecule has 1 fully saturated rings. The van der Waals surface area contributed by atoms with Gasteiger partial charge in [-0.05, 0) is 29.9 Å². The van der Waals surface area contributed by atoms with E-state index in [0.29, 0.717) is 0 Å². The predicted octanol–water partition coefficient (Wildman–Crippen LogP) is 3.17. The first-order valence-electron chi connectivity index (χ1n) is 7.31. The van der Waals surface area contributed by atoms with Crippen LogP contribution in [0.4, 0.5) is 5.69 Å². The summed E-state index contributed by atoms with van der Waals surface area (Å²) in [7, 11) is 3.86. The Morgan fingerprint density at radius 2 is 2.20 bits per heavy atom. The third-order valence-corrected chi connectivity index (χ3v) is 4.34. The number of nitrogens with zero attached hydrogens (tertiary/aromatic N) is 1. The molecule has 1 aliphatic carbocycles. The molecule has 0 aliphatic heterocycles. The minimum absolute atomic E-state index is 0.728. The molecule has 0 radical (unpaired) electrons. The quantitative estimate of drug-likeness (QED) is 0.746. The molecule has 0 bridgehead atoms. The third-order valence-electron chi connectivity index (χ3n) is 4.03. The summed E-state index contributed by atoms with van der Waals surface area (Å²) in [6.45, 7) is 5.81. The van der Waals surface area contributed by atoms with Crippen molar-refractivity contribution in [1.29, 1.82) is 0 Å². The smallest absolute Gasteiger partial charge is 0.0642 e. The van der Waals surface area contributed by atoms with Gasteiger partial charge in [0, 0.05) is 33.8 Å². The highest BCUT2D eigenvalue weighted by molar-refractivity contribution is 6.33. The Kier molecular flexibility index (Phi) is 5.70. The lowest BCUT2D eigenvalue weighted by molar-refractivity contribution is 0.199. The summed E-state index contributed by atoms with van der Waals surface area (Å²) in [5, 5.41) is 4.23. The van der Waals surface area contributed by atoms with Crippen LogP contribution in [0.25, 0.3) is 0 Å². The molecule has 2 atom stereocenters. The monoisotopic (exact) mass is 296 g/mol. The van der Waals surface area contributed by atoms with Crippen LogP contribution in [0.3, 0.4) is 0 Å². The Morgan fingerprint density at radius 3 is 2.85 bits per heavy atom. The zero-order chi connectivity index (χ0) is 14.5. The van der Waals surface area contributed by atoms with Crippen molar-refractivity contribution in [2.45, 2.75) is 19.9 Å². The van der Waals surface area contributed by atoms with Crippen molar-refractivity contribution in [3.8, 4) is 0 Å². The van der Waals surface area contributed by atoms with Crippen molar-refractivity contribution in [1.82, 2.24) is 5.32 Å². The van der Waals surface area contributed by atoms with E-state index in [-0.39, 0.29) is 0 Å². The first-order valence-corrected chi connectivity index (χ1v) is 7.69. The van der Waals surface area contributed by atoms with E-state index in [0.717, 1.165) is 48.8 Å². The number of ether oxygens (including phenoxy) is 1. The van der Waals surface area contributed by atoms with E-state index in [1.807, 2.05) is 12.1 Å². The fourth-order valence-corrected chi connectivity index (χ4v) is 2.96. The highest BCUT2D eigenvalue weighted by Gasteiger charge is 2.33. The summed E-state index contributed by atoms with van der Waals surface area (Å²) >= 11 is 6.41. The van der Waals surface area contributed by atoms with Crippen molar-refractivity contribution in [2.24, 2.45) is 11.8 Å². The van der Waals surface area contributed by atoms with Crippen LogP contribution in [0.5, 0.6) is 0 Å². The number of hydrogen-bond acceptors (Lipinski definition) is 3. The summed E-state index contributed by atoms with van der Waals surface area (Å²) in [5.74, 6) is 1.69. The van der Waals surface area contributed by atoms with E-state index >= 15 is 0 Å². The van der Waals surface area contributed by atoms with Gasteiger partial charge in [0.1, 0.15) is 0 Å². The van der Waals surface area contributed by atoms with Crippen LogP contribution in [0.15, 0.2) is 18.2 Å². The minimum atomic E-state index is 0.728. The van der Waals surface area contributed by atoms with Crippen molar-refractivity contribution in [3.05, 3.63) is 28.8 Å². The standard InChI is InChI=1S/C16H25ClN2O/c1-12-9-14(12)11-19(2)16-13(5-4-6-15(16)17)10-18-7-8-20-3/h4-6,12,14,18H,7-11H2,1-3H3. The molecule has 0 aromatic heterocycles. The molecule has 0 saturated heterocycles. The first-order chi connectivity index (χ1) is 9.63. The summed E-state index contributed by atoms with van der Waals surface area (Å²) in [6.07, 6.45) is 1.34. The molecule has 1 aromatic rings. The van der Waals surface area contributed by atoms with Gasteiger partial charge in [-0.2, -0.15) is 0 Å². The maximum absolute atomic E-state index is 6.41. The second kappa shape index (κ2) is 7.30. The van der Waals surface area contributed by atoms with E-state index in [2.05, 4.69) is 30.3 Å². The van der Waals surface area contributed by atoms with E-state index in [9.17, 15) is 0 Å². The third kappa shape index (κ3) is 4.11. The van der Waals surface area contributed by atoms with Gasteiger partial charge < -0.3 is 15.0 Å². The van der Waals surface area contributed by atoms with Crippen molar-refractivity contribution >= 4 is 17.3 Å². The van der Waals surface area contributed by atoms with Gasteiger partial charge in [0.05, 0.1) is 17.3 Å². The van der Waals surface area contributed by atoms with Crippen LogP contribution in [-0.4, -0.2) is 33.9 Å². The lowest BCUT2D eigenvalue weighted by Crippen LogP contribution is -2.25. The van der Waals surface area contributed by atoms with E-state index in [1.165, 1.54) is 12.0 Å². The molecule has 0 spiro atoms. The summed E-state index contributed by atoms with van der Waals surface area (Å²) in [4.78, 5) is 2.31. The van der Waals surface area contributed by atoms with Gasteiger partial charge in [0.15, 0.2) is 0 Å². The summed E-state index contributed by atoms with van der Waals surface area (Å²) < 4.78 is 5.05. The molecule has 4 heteroatoms. The molecule has 0 amide bonds. The Labute approximate surface area is 127 Å². The van der Waals surface area contributed by atoms with Gasteiger partial charge in [0.25, 0.3) is 0 Å². The molecule has 3 nitrogen and oxygen atoms in total. The summed E-state index contributed by atoms with van der Waals surface area (Å²) in [6, 6.07) is 6.14. The number of methoxy groups -OCH3 is 1. The lowest BCUT2D eigenvalue weighted by atomic mass is 10.1. The minimum Gasteiger partial charge on any atom is -0.383 e. The van der Waals surface area contributed by atoms with Crippen molar-refractivity contribution in [3.63, 3.8) is 0 Å². The van der Waals surface area contributed by atoms with Gasteiger partial charge in [-0.15, -0.1) is 0 Å². The fraction of sp³-hybridized carbons (Fsp3) is 0.625. The Morgan fingerprint density at radius 1 is 1.45 bits per heavy atom. The number of rotatable bonds is 8. The Hall–Kier alpha value is -0.770. The number of anilines is 1. The van der Waals surface area contributed by atoms with Crippen molar-refractivity contribution < 1.29 is 4.74 Å². The number of para-hydroxylation sites is 1. The number of nitrogens with one attached hydrogen (secondary N) is 1. The maximum Gasteiger partial charge on any atom is 0.0642 e. The van der Waals surface area contributed by atoms with E-state index in [4.69, 9.17) is 16.3 Å². The predicted molar refractivity (Wildman–Crippen MR) is 85.6 cm³/mol. The molecule has 1 N–H and O–H groups in total. The summed E-state index contributed by atoms with van der Waals surface area (Å²) in [5.41, 5.74) is 2.42. The van der Waals surface area contributed by atoms with Crippen LogP contribution >= 0.6 is 11.6 Å². The highest BCUT2D eigenvalue weighted by Crippen LogP contribution is 2.40. The lowest BCUT2D eigenvalue weighted by Gasteiger charge is -2.24. The average Bonchev–Trinajstić information content (AvgIpc) is 3.10. The molecule has 0 heterocycles.